The van der Waals surface area contributed by atoms with Gasteiger partial charge in [-0.15, -0.1) is 0 Å². The third-order valence-electron chi connectivity index (χ3n) is 8.77. The Morgan fingerprint density at radius 1 is 0.551 bits per heavy atom. The maximum Gasteiger partial charge on any atom is 0.162 e. The minimum atomic E-state index is -0.276. The second-order valence-corrected chi connectivity index (χ2v) is 12.5. The van der Waals surface area contributed by atoms with Crippen LogP contribution in [0.25, 0.3) is 0 Å². The fourth-order valence-electron chi connectivity index (χ4n) is 6.20. The zero-order valence-electron chi connectivity index (χ0n) is 27.8. The quantitative estimate of drug-likeness (QED) is 0.135. The second-order valence-electron chi connectivity index (χ2n) is 12.5. The minimum absolute atomic E-state index is 0.0347. The molecule has 7 rings (SSSR count). The van der Waals surface area contributed by atoms with E-state index in [0.717, 1.165) is 51.3 Å². The van der Waals surface area contributed by atoms with E-state index in [0.29, 0.717) is 37.9 Å². The van der Waals surface area contributed by atoms with Crippen LogP contribution in [0.3, 0.4) is 0 Å². The number of aryl methyl sites for hydroxylation is 1. The number of hydrogen-bond donors (Lipinski definition) is 1. The highest BCUT2D eigenvalue weighted by Gasteiger charge is 2.34. The summed E-state index contributed by atoms with van der Waals surface area (Å²) in [6.45, 7) is 4.16. The maximum absolute atomic E-state index is 6.94. The van der Waals surface area contributed by atoms with E-state index >= 15 is 0 Å². The summed E-state index contributed by atoms with van der Waals surface area (Å²) in [5, 5.41) is 3.83. The summed E-state index contributed by atoms with van der Waals surface area (Å²) in [6.07, 6.45) is 0.464. The summed E-state index contributed by atoms with van der Waals surface area (Å²) >= 11 is 0. The third-order valence-corrected chi connectivity index (χ3v) is 8.77. The van der Waals surface area contributed by atoms with Crippen LogP contribution >= 0.6 is 0 Å². The highest BCUT2D eigenvalue weighted by atomic mass is 16.5. The summed E-state index contributed by atoms with van der Waals surface area (Å²) < 4.78 is 26.2. The molecule has 0 saturated carbocycles. The predicted octanol–water partition coefficient (Wildman–Crippen LogP) is 9.57. The molecule has 1 aliphatic heterocycles. The Balaban J connectivity index is 1.20. The van der Waals surface area contributed by atoms with E-state index in [1.165, 1.54) is 5.56 Å². The van der Waals surface area contributed by atoms with Crippen molar-refractivity contribution < 1.29 is 18.9 Å². The molecule has 0 aromatic heterocycles. The second kappa shape index (κ2) is 15.6. The van der Waals surface area contributed by atoms with E-state index < -0.39 is 0 Å². The number of nitrogens with one attached hydrogen (secondary N) is 1. The van der Waals surface area contributed by atoms with Crippen molar-refractivity contribution in [3.05, 3.63) is 191 Å². The Morgan fingerprint density at radius 2 is 1.06 bits per heavy atom. The van der Waals surface area contributed by atoms with Crippen molar-refractivity contribution in [2.24, 2.45) is 0 Å². The molecular formula is C44H41NO4. The molecule has 0 amide bonds. The Bertz CT molecular complexity index is 1930. The van der Waals surface area contributed by atoms with Crippen molar-refractivity contribution >= 4 is 0 Å². The molecule has 1 heterocycles. The van der Waals surface area contributed by atoms with Gasteiger partial charge in [0.05, 0.1) is 6.04 Å². The first-order valence-electron chi connectivity index (χ1n) is 16.9. The first-order valence-corrected chi connectivity index (χ1v) is 16.9. The molecule has 0 aliphatic carbocycles. The Morgan fingerprint density at radius 3 is 1.63 bits per heavy atom. The number of rotatable bonds is 13. The highest BCUT2D eigenvalue weighted by Crippen LogP contribution is 2.43. The average molecular weight is 648 g/mol. The van der Waals surface area contributed by atoms with Crippen LogP contribution in [0.1, 0.15) is 45.0 Å². The van der Waals surface area contributed by atoms with Crippen LogP contribution in [0, 0.1) is 6.92 Å². The van der Waals surface area contributed by atoms with E-state index in [1.54, 1.807) is 0 Å². The minimum Gasteiger partial charge on any atom is -0.488 e. The largest absolute Gasteiger partial charge is 0.488 e. The fourth-order valence-corrected chi connectivity index (χ4v) is 6.20. The van der Waals surface area contributed by atoms with Gasteiger partial charge in [0.25, 0.3) is 0 Å². The van der Waals surface area contributed by atoms with Crippen LogP contribution in [-0.4, -0.2) is 6.04 Å². The molecule has 49 heavy (non-hydrogen) atoms. The number of fused-ring (bicyclic) bond motifs is 1. The van der Waals surface area contributed by atoms with E-state index in [9.17, 15) is 0 Å². The maximum atomic E-state index is 6.94. The topological polar surface area (TPSA) is 49.0 Å². The monoisotopic (exact) mass is 647 g/mol. The van der Waals surface area contributed by atoms with Gasteiger partial charge in [0.2, 0.25) is 0 Å². The number of benzene rings is 6. The van der Waals surface area contributed by atoms with Crippen molar-refractivity contribution in [3.8, 4) is 23.0 Å². The molecular weight excluding hydrogens is 606 g/mol. The summed E-state index contributed by atoms with van der Waals surface area (Å²) in [6, 6.07) is 51.5. The van der Waals surface area contributed by atoms with Crippen molar-refractivity contribution in [3.63, 3.8) is 0 Å². The molecule has 0 fully saturated rings. The van der Waals surface area contributed by atoms with Crippen molar-refractivity contribution in [1.82, 2.24) is 5.32 Å². The van der Waals surface area contributed by atoms with Crippen LogP contribution in [0.15, 0.2) is 152 Å². The number of ether oxygens (including phenoxy) is 4. The first kappa shape index (κ1) is 32.0. The van der Waals surface area contributed by atoms with Gasteiger partial charge in [-0.25, -0.2) is 0 Å². The molecule has 1 N–H and O–H groups in total. The first-order chi connectivity index (χ1) is 24.2. The normalized spacial score (nSPS) is 15.1. The van der Waals surface area contributed by atoms with Crippen molar-refractivity contribution in [2.45, 2.75) is 51.9 Å². The van der Waals surface area contributed by atoms with Gasteiger partial charge in [-0.3, -0.25) is 0 Å². The molecule has 0 saturated heterocycles. The molecule has 5 nitrogen and oxygen atoms in total. The van der Waals surface area contributed by atoms with Crippen molar-refractivity contribution in [2.75, 3.05) is 0 Å². The van der Waals surface area contributed by atoms with Crippen LogP contribution in [0.4, 0.5) is 0 Å². The van der Waals surface area contributed by atoms with Gasteiger partial charge in [-0.05, 0) is 71.0 Å². The predicted molar refractivity (Wildman–Crippen MR) is 194 cm³/mol. The lowest BCUT2D eigenvalue weighted by molar-refractivity contribution is 0.129. The lowest BCUT2D eigenvalue weighted by Crippen LogP contribution is -2.41. The molecule has 0 unspecified atom stereocenters. The van der Waals surface area contributed by atoms with Crippen LogP contribution in [0.5, 0.6) is 23.0 Å². The summed E-state index contributed by atoms with van der Waals surface area (Å²) in [5.74, 6) is 3.09. The van der Waals surface area contributed by atoms with Crippen molar-refractivity contribution in [1.29, 1.82) is 0 Å². The Hall–Kier alpha value is -5.52. The summed E-state index contributed by atoms with van der Waals surface area (Å²) in [7, 11) is 0. The van der Waals surface area contributed by atoms with Crippen LogP contribution in [-0.2, 0) is 32.8 Å². The molecule has 6 aromatic rings. The molecule has 1 aliphatic rings. The lowest BCUT2D eigenvalue weighted by Gasteiger charge is -2.36. The fraction of sp³-hybridized carbons (Fsp3) is 0.182. The standard InChI is InChI=1S/C44H41NO4/c1-32-24-41(47-30-35-18-10-4-11-19-35)38-27-39(45-28-33-14-6-2-7-15-33)44(49-42(38)25-32)37-22-23-40(46-29-34-16-8-3-9-17-34)43(26-37)48-31-36-20-12-5-13-21-36/h2-26,39,44-45H,27-31H2,1H3/t39-,44-/m1/s1. The van der Waals surface area contributed by atoms with Crippen LogP contribution in [0.2, 0.25) is 0 Å². The van der Waals surface area contributed by atoms with Gasteiger partial charge < -0.3 is 24.3 Å². The summed E-state index contributed by atoms with van der Waals surface area (Å²) in [5.41, 5.74) is 7.71. The SMILES string of the molecule is Cc1cc(OCc2ccccc2)c2c(c1)O[C@H](c1ccc(OCc3ccccc3)c(OCc3ccccc3)c1)[C@H](NCc1ccccc1)C2. The molecule has 0 bridgehead atoms. The van der Waals surface area contributed by atoms with Gasteiger partial charge in [-0.1, -0.05) is 127 Å². The van der Waals surface area contributed by atoms with E-state index in [4.69, 9.17) is 18.9 Å². The molecule has 2 atom stereocenters. The third kappa shape index (κ3) is 8.32. The molecule has 5 heteroatoms. The van der Waals surface area contributed by atoms with E-state index in [1.807, 2.05) is 66.7 Å². The van der Waals surface area contributed by atoms with E-state index in [-0.39, 0.29) is 12.1 Å². The zero-order valence-corrected chi connectivity index (χ0v) is 27.8. The number of hydrogen-bond acceptors (Lipinski definition) is 5. The lowest BCUT2D eigenvalue weighted by atomic mass is 9.91. The molecule has 0 spiro atoms. The van der Waals surface area contributed by atoms with E-state index in [2.05, 4.69) is 97.2 Å². The highest BCUT2D eigenvalue weighted by molar-refractivity contribution is 5.51. The zero-order chi connectivity index (χ0) is 33.3. The molecule has 246 valence electrons. The van der Waals surface area contributed by atoms with Gasteiger partial charge in [0, 0.05) is 12.1 Å². The molecule has 0 radical (unpaired) electrons. The Kier molecular flexibility index (Phi) is 10.2. The van der Waals surface area contributed by atoms with Gasteiger partial charge in [0.15, 0.2) is 11.5 Å². The molecule has 6 aromatic carbocycles. The van der Waals surface area contributed by atoms with Crippen LogP contribution < -0.4 is 24.3 Å². The van der Waals surface area contributed by atoms with Gasteiger partial charge in [0.1, 0.15) is 37.4 Å². The smallest absolute Gasteiger partial charge is 0.162 e. The van der Waals surface area contributed by atoms with Gasteiger partial charge >= 0.3 is 0 Å². The van der Waals surface area contributed by atoms with Gasteiger partial charge in [-0.2, -0.15) is 0 Å². The Labute approximate surface area is 289 Å². The average Bonchev–Trinajstić information content (AvgIpc) is 3.16. The summed E-state index contributed by atoms with van der Waals surface area (Å²) in [4.78, 5) is 0.